The van der Waals surface area contributed by atoms with E-state index in [9.17, 15) is 9.32 Å². The molecule has 0 aliphatic carbocycles. The molecule has 1 atom stereocenters. The average molecular weight is 207 g/mol. The number of hydrogen-bond donors (Lipinski definition) is 0. The second-order valence-corrected chi connectivity index (χ2v) is 3.11. The van der Waals surface area contributed by atoms with E-state index in [0.717, 1.165) is 0 Å². The van der Waals surface area contributed by atoms with Crippen LogP contribution in [0.2, 0.25) is 0 Å². The van der Waals surface area contributed by atoms with Gasteiger partial charge in [0.05, 0.1) is 4.29 Å². The quantitative estimate of drug-likeness (QED) is 0.512. The standard InChI is InChI=1S/C7H11ClN2O3/c1-3-4-10-6-5-9(2)7(10)13-8(11)12/h3,5-7H,1,4H2,2H3. The molecule has 1 rings (SSSR count). The maximum absolute atomic E-state index is 10.3. The van der Waals surface area contributed by atoms with E-state index in [0.29, 0.717) is 6.54 Å². The van der Waals surface area contributed by atoms with Gasteiger partial charge in [-0.25, -0.2) is 0 Å². The lowest BCUT2D eigenvalue weighted by atomic mass is 10.5. The first-order valence-electron chi connectivity index (χ1n) is 3.64. The molecule has 6 heteroatoms. The Labute approximate surface area is 79.9 Å². The van der Waals surface area contributed by atoms with Crippen LogP contribution in [0, 0.1) is 10.8 Å². The molecular formula is C7H11ClN2O3. The Morgan fingerprint density at radius 2 is 2.31 bits per heavy atom. The van der Waals surface area contributed by atoms with E-state index in [-0.39, 0.29) is 0 Å². The summed E-state index contributed by atoms with van der Waals surface area (Å²) in [5.41, 5.74) is 0. The summed E-state index contributed by atoms with van der Waals surface area (Å²) in [6, 6.07) is 0. The van der Waals surface area contributed by atoms with Crippen molar-refractivity contribution in [1.82, 2.24) is 9.80 Å². The molecule has 0 radical (unpaired) electrons. The Balaban J connectivity index is 2.53. The first-order chi connectivity index (χ1) is 6.15. The van der Waals surface area contributed by atoms with E-state index in [2.05, 4.69) is 10.9 Å². The molecule has 0 spiro atoms. The van der Waals surface area contributed by atoms with Crippen molar-refractivity contribution in [2.75, 3.05) is 13.6 Å². The van der Waals surface area contributed by atoms with Gasteiger partial charge >= 0.3 is 6.35 Å². The summed E-state index contributed by atoms with van der Waals surface area (Å²) in [6.07, 6.45) is 4.54. The summed E-state index contributed by atoms with van der Waals surface area (Å²) in [5, 5.41) is 0. The molecule has 0 saturated carbocycles. The molecule has 1 heterocycles. The molecule has 1 aliphatic heterocycles. The van der Waals surface area contributed by atoms with E-state index in [1.54, 1.807) is 35.3 Å². The van der Waals surface area contributed by atoms with Gasteiger partial charge in [-0.2, -0.15) is 0 Å². The van der Waals surface area contributed by atoms with E-state index < -0.39 is 17.1 Å². The number of halogens is 1. The Kier molecular flexibility index (Phi) is 3.56. The van der Waals surface area contributed by atoms with Crippen LogP contribution in [0.1, 0.15) is 0 Å². The zero-order valence-corrected chi connectivity index (χ0v) is 7.98. The van der Waals surface area contributed by atoms with Crippen molar-refractivity contribution in [1.29, 1.82) is 0 Å². The third kappa shape index (κ3) is 2.60. The lowest BCUT2D eigenvalue weighted by Crippen LogP contribution is -2.46. The van der Waals surface area contributed by atoms with Gasteiger partial charge < -0.3 is 19.1 Å². The van der Waals surface area contributed by atoms with Gasteiger partial charge in [0.15, 0.2) is 0 Å². The van der Waals surface area contributed by atoms with E-state index in [1.807, 2.05) is 0 Å². The van der Waals surface area contributed by atoms with Crippen LogP contribution in [0.3, 0.4) is 0 Å². The second kappa shape index (κ2) is 4.48. The van der Waals surface area contributed by atoms with Crippen LogP contribution in [-0.2, 0) is 4.29 Å². The molecule has 1 aliphatic rings. The summed E-state index contributed by atoms with van der Waals surface area (Å²) in [4.78, 5) is 3.34. The summed E-state index contributed by atoms with van der Waals surface area (Å²) < 4.78 is 25.2. The van der Waals surface area contributed by atoms with Crippen LogP contribution in [0.25, 0.3) is 0 Å². The van der Waals surface area contributed by atoms with Crippen LogP contribution in [0.15, 0.2) is 25.1 Å². The number of nitrogens with zero attached hydrogens (tertiary/aromatic N) is 2. The van der Waals surface area contributed by atoms with Gasteiger partial charge in [-0.05, 0) is 0 Å². The fourth-order valence-electron chi connectivity index (χ4n) is 1.05. The van der Waals surface area contributed by atoms with Crippen molar-refractivity contribution in [3.8, 4) is 0 Å². The van der Waals surface area contributed by atoms with Crippen LogP contribution in [0.5, 0.6) is 0 Å². The van der Waals surface area contributed by atoms with Gasteiger partial charge in [-0.15, -0.1) is 6.58 Å². The highest BCUT2D eigenvalue weighted by atomic mass is 35.6. The normalized spacial score (nSPS) is 21.7. The fourth-order valence-corrected chi connectivity index (χ4v) is 1.41. The highest BCUT2D eigenvalue weighted by Gasteiger charge is 2.32. The van der Waals surface area contributed by atoms with Gasteiger partial charge in [0.25, 0.3) is 10.8 Å². The molecule has 0 saturated heterocycles. The first kappa shape index (κ1) is 10.3. The Morgan fingerprint density at radius 3 is 2.85 bits per heavy atom. The van der Waals surface area contributed by atoms with Crippen molar-refractivity contribution in [3.63, 3.8) is 0 Å². The second-order valence-electron chi connectivity index (χ2n) is 2.55. The molecule has 0 aromatic carbocycles. The summed E-state index contributed by atoms with van der Waals surface area (Å²) >= 11 is 0. The summed E-state index contributed by atoms with van der Waals surface area (Å²) in [5.74, 6) is 0. The zero-order valence-electron chi connectivity index (χ0n) is 7.22. The average Bonchev–Trinajstić information content (AvgIpc) is 2.36. The molecule has 0 bridgehead atoms. The molecule has 13 heavy (non-hydrogen) atoms. The minimum absolute atomic E-state index is 0.538. The van der Waals surface area contributed by atoms with E-state index >= 15 is 0 Å². The molecular weight excluding hydrogens is 196 g/mol. The molecule has 0 N–H and O–H groups in total. The van der Waals surface area contributed by atoms with Crippen molar-refractivity contribution in [2.45, 2.75) is 6.35 Å². The minimum atomic E-state index is -2.18. The van der Waals surface area contributed by atoms with Crippen LogP contribution >= 0.6 is 0 Å². The molecule has 0 amide bonds. The van der Waals surface area contributed by atoms with E-state index in [4.69, 9.17) is 0 Å². The maximum atomic E-state index is 10.3. The Bertz CT molecular complexity index is 210. The highest BCUT2D eigenvalue weighted by Crippen LogP contribution is 2.15. The van der Waals surface area contributed by atoms with Gasteiger partial charge in [0.1, 0.15) is 0 Å². The third-order valence-corrected chi connectivity index (χ3v) is 1.92. The van der Waals surface area contributed by atoms with Gasteiger partial charge in [-0.3, -0.25) is 0 Å². The number of hydrogen-bond acceptors (Lipinski definition) is 5. The van der Waals surface area contributed by atoms with Crippen LogP contribution < -0.4 is 9.32 Å². The predicted octanol–water partition coefficient (Wildman–Crippen LogP) is -1.72. The van der Waals surface area contributed by atoms with Crippen LogP contribution in [-0.4, -0.2) is 29.7 Å². The zero-order chi connectivity index (χ0) is 9.84. The molecule has 0 aromatic rings. The SMILES string of the molecule is C=CCN1C=CN(C)C1O[Cl+2]([O-])[O-]. The molecule has 5 nitrogen and oxygen atoms in total. The van der Waals surface area contributed by atoms with Crippen LogP contribution in [0.4, 0.5) is 0 Å². The van der Waals surface area contributed by atoms with Crippen molar-refractivity contribution < 1.29 is 24.4 Å². The molecule has 0 fully saturated rings. The Hall–Kier alpha value is -0.750. The topological polar surface area (TPSA) is 61.8 Å². The van der Waals surface area contributed by atoms with Crippen molar-refractivity contribution in [3.05, 3.63) is 25.1 Å². The highest BCUT2D eigenvalue weighted by molar-refractivity contribution is 4.94. The summed E-state index contributed by atoms with van der Waals surface area (Å²) in [7, 11) is -0.456. The van der Waals surface area contributed by atoms with Gasteiger partial charge in [0, 0.05) is 26.0 Å². The predicted molar refractivity (Wildman–Crippen MR) is 38.7 cm³/mol. The lowest BCUT2D eigenvalue weighted by Gasteiger charge is -2.22. The molecule has 0 aromatic heterocycles. The van der Waals surface area contributed by atoms with Crippen molar-refractivity contribution >= 4 is 0 Å². The minimum Gasteiger partial charge on any atom is -0.329 e. The maximum Gasteiger partial charge on any atom is 0.320 e. The largest absolute Gasteiger partial charge is 0.329 e. The van der Waals surface area contributed by atoms with Crippen molar-refractivity contribution in [2.24, 2.45) is 0 Å². The van der Waals surface area contributed by atoms with E-state index in [1.165, 1.54) is 0 Å². The summed E-state index contributed by atoms with van der Waals surface area (Å²) in [6.45, 7) is 4.09. The van der Waals surface area contributed by atoms with Gasteiger partial charge in [-0.1, -0.05) is 6.08 Å². The fraction of sp³-hybridized carbons (Fsp3) is 0.429. The monoisotopic (exact) mass is 206 g/mol. The third-order valence-electron chi connectivity index (χ3n) is 1.62. The molecule has 1 unspecified atom stereocenters. The first-order valence-corrected chi connectivity index (χ1v) is 4.57. The number of rotatable bonds is 4. The van der Waals surface area contributed by atoms with Gasteiger partial charge in [0.2, 0.25) is 0 Å². The smallest absolute Gasteiger partial charge is 0.320 e. The lowest BCUT2D eigenvalue weighted by molar-refractivity contribution is -1.63. The Morgan fingerprint density at radius 1 is 1.62 bits per heavy atom. The molecule has 74 valence electrons.